The van der Waals surface area contributed by atoms with Gasteiger partial charge in [-0.25, -0.2) is 0 Å². The number of methoxy groups -OCH3 is 2. The molecule has 0 atom stereocenters. The molecule has 0 aliphatic carbocycles. The molecule has 0 amide bonds. The predicted molar refractivity (Wildman–Crippen MR) is 72.9 cm³/mol. The molecule has 0 saturated heterocycles. The smallest absolute Gasteiger partial charge is 0.317 e. The summed E-state index contributed by atoms with van der Waals surface area (Å²) < 4.78 is 10.4. The lowest BCUT2D eigenvalue weighted by atomic mass is 10.1. The lowest BCUT2D eigenvalue weighted by Gasteiger charge is -2.08. The zero-order chi connectivity index (χ0) is 14.1. The van der Waals surface area contributed by atoms with Gasteiger partial charge in [-0.15, -0.1) is 0 Å². The number of carbonyl (C=O) groups is 1. The molecule has 1 rings (SSSR count). The van der Waals surface area contributed by atoms with Gasteiger partial charge in [-0.1, -0.05) is 18.2 Å². The summed E-state index contributed by atoms with van der Waals surface area (Å²) in [5.41, 5.74) is 1.05. The fraction of sp³-hybridized carbons (Fsp3) is 0.357. The quantitative estimate of drug-likeness (QED) is 0.550. The van der Waals surface area contributed by atoms with E-state index >= 15 is 0 Å². The number of carboxylic acid groups (broad SMARTS) is 1. The van der Waals surface area contributed by atoms with E-state index in [1.54, 1.807) is 14.2 Å². The van der Waals surface area contributed by atoms with Gasteiger partial charge in [-0.3, -0.25) is 4.79 Å². The first kappa shape index (κ1) is 15.0. The Labute approximate surface area is 112 Å². The van der Waals surface area contributed by atoms with E-state index in [-0.39, 0.29) is 6.54 Å². The number of hydrogen-bond donors (Lipinski definition) is 2. The van der Waals surface area contributed by atoms with E-state index in [2.05, 4.69) is 5.32 Å². The first-order valence-corrected chi connectivity index (χ1v) is 5.95. The number of nitrogens with one attached hydrogen (secondary N) is 1. The lowest BCUT2D eigenvalue weighted by molar-refractivity contribution is -0.135. The van der Waals surface area contributed by atoms with Crippen molar-refractivity contribution >= 4 is 5.97 Å². The fourth-order valence-corrected chi connectivity index (χ4v) is 1.58. The zero-order valence-corrected chi connectivity index (χ0v) is 11.2. The molecule has 104 valence electrons. The maximum Gasteiger partial charge on any atom is 0.317 e. The normalized spacial score (nSPS) is 10.6. The molecule has 0 aromatic heterocycles. The van der Waals surface area contributed by atoms with Crippen molar-refractivity contribution in [1.82, 2.24) is 5.32 Å². The molecule has 0 aliphatic rings. The van der Waals surface area contributed by atoms with Crippen LogP contribution < -0.4 is 14.8 Å². The van der Waals surface area contributed by atoms with Crippen molar-refractivity contribution in [3.63, 3.8) is 0 Å². The molecule has 19 heavy (non-hydrogen) atoms. The van der Waals surface area contributed by atoms with Crippen molar-refractivity contribution in [1.29, 1.82) is 0 Å². The third-order valence-corrected chi connectivity index (χ3v) is 2.54. The number of aliphatic carboxylic acids is 1. The minimum Gasteiger partial charge on any atom is -0.497 e. The Morgan fingerprint density at radius 2 is 2.11 bits per heavy atom. The summed E-state index contributed by atoms with van der Waals surface area (Å²) in [5, 5.41) is 11.2. The first-order chi connectivity index (χ1) is 9.17. The molecule has 0 spiro atoms. The molecule has 1 aromatic rings. The second-order valence-corrected chi connectivity index (χ2v) is 3.88. The van der Waals surface area contributed by atoms with E-state index in [1.165, 1.54) is 0 Å². The van der Waals surface area contributed by atoms with Gasteiger partial charge in [0, 0.05) is 12.6 Å². The first-order valence-electron chi connectivity index (χ1n) is 5.95. The third kappa shape index (κ3) is 5.44. The van der Waals surface area contributed by atoms with Crippen LogP contribution in [0.5, 0.6) is 11.5 Å². The number of benzene rings is 1. The van der Waals surface area contributed by atoms with E-state index in [0.29, 0.717) is 6.54 Å². The van der Waals surface area contributed by atoms with Crippen molar-refractivity contribution < 1.29 is 19.4 Å². The van der Waals surface area contributed by atoms with Crippen molar-refractivity contribution in [2.75, 3.05) is 27.3 Å². The molecule has 0 fully saturated rings. The van der Waals surface area contributed by atoms with Gasteiger partial charge >= 0.3 is 5.97 Å². The monoisotopic (exact) mass is 265 g/mol. The summed E-state index contributed by atoms with van der Waals surface area (Å²) in [4.78, 5) is 10.3. The van der Waals surface area contributed by atoms with E-state index in [1.807, 2.05) is 30.4 Å². The van der Waals surface area contributed by atoms with Crippen molar-refractivity contribution in [3.05, 3.63) is 35.9 Å². The van der Waals surface area contributed by atoms with Gasteiger partial charge in [0.2, 0.25) is 0 Å². The Kier molecular flexibility index (Phi) is 6.46. The summed E-state index contributed by atoms with van der Waals surface area (Å²) >= 11 is 0. The highest BCUT2D eigenvalue weighted by Crippen LogP contribution is 2.24. The standard InChI is InChI=1S/C14H19NO4/c1-18-12-7-6-11(13(9-12)19-2)5-3-4-8-15-10-14(16)17/h3-4,6-7,9,15H,5,8,10H2,1-2H3,(H,16,17). The van der Waals surface area contributed by atoms with Crippen molar-refractivity contribution in [2.45, 2.75) is 6.42 Å². The minimum absolute atomic E-state index is 0.0316. The Hall–Kier alpha value is -2.01. The highest BCUT2D eigenvalue weighted by molar-refractivity contribution is 5.69. The van der Waals surface area contributed by atoms with Crippen LogP contribution in [-0.4, -0.2) is 38.4 Å². The molecule has 1 aromatic carbocycles. The van der Waals surface area contributed by atoms with Gasteiger partial charge in [0.15, 0.2) is 0 Å². The van der Waals surface area contributed by atoms with Crippen LogP contribution in [0.3, 0.4) is 0 Å². The van der Waals surface area contributed by atoms with Crippen LogP contribution in [-0.2, 0) is 11.2 Å². The van der Waals surface area contributed by atoms with Gasteiger partial charge in [0.05, 0.1) is 20.8 Å². The van der Waals surface area contributed by atoms with E-state index in [0.717, 1.165) is 23.5 Å². The van der Waals surface area contributed by atoms with Gasteiger partial charge in [-0.05, 0) is 18.1 Å². The number of allylic oxidation sites excluding steroid dienone is 1. The van der Waals surface area contributed by atoms with E-state index < -0.39 is 5.97 Å². The average molecular weight is 265 g/mol. The average Bonchev–Trinajstić information content (AvgIpc) is 2.42. The number of hydrogen-bond acceptors (Lipinski definition) is 4. The molecule has 0 radical (unpaired) electrons. The number of rotatable bonds is 8. The van der Waals surface area contributed by atoms with Gasteiger partial charge in [0.25, 0.3) is 0 Å². The van der Waals surface area contributed by atoms with Gasteiger partial charge in [-0.2, -0.15) is 0 Å². The molecule has 0 heterocycles. The summed E-state index contributed by atoms with van der Waals surface area (Å²) in [5.74, 6) is 0.681. The molecule has 0 unspecified atom stereocenters. The summed E-state index contributed by atoms with van der Waals surface area (Å²) in [6.07, 6.45) is 4.59. The molecular formula is C14H19NO4. The van der Waals surface area contributed by atoms with E-state index in [4.69, 9.17) is 14.6 Å². The molecule has 0 bridgehead atoms. The molecule has 5 heteroatoms. The highest BCUT2D eigenvalue weighted by atomic mass is 16.5. The van der Waals surface area contributed by atoms with Crippen LogP contribution in [0.1, 0.15) is 5.56 Å². The van der Waals surface area contributed by atoms with Crippen LogP contribution >= 0.6 is 0 Å². The summed E-state index contributed by atoms with van der Waals surface area (Å²) in [7, 11) is 3.23. The Morgan fingerprint density at radius 1 is 1.32 bits per heavy atom. The second kappa shape index (κ2) is 8.16. The van der Waals surface area contributed by atoms with Crippen LogP contribution in [0, 0.1) is 0 Å². The fourth-order valence-electron chi connectivity index (χ4n) is 1.58. The second-order valence-electron chi connectivity index (χ2n) is 3.88. The maximum atomic E-state index is 10.3. The van der Waals surface area contributed by atoms with E-state index in [9.17, 15) is 4.79 Å². The molecule has 5 nitrogen and oxygen atoms in total. The number of carboxylic acids is 1. The highest BCUT2D eigenvalue weighted by Gasteiger charge is 2.02. The summed E-state index contributed by atoms with van der Waals surface area (Å²) in [6.45, 7) is 0.501. The predicted octanol–water partition coefficient (Wildman–Crippen LogP) is 1.48. The van der Waals surface area contributed by atoms with Gasteiger partial charge < -0.3 is 19.9 Å². The molecule has 0 saturated carbocycles. The largest absolute Gasteiger partial charge is 0.497 e. The minimum atomic E-state index is -0.856. The lowest BCUT2D eigenvalue weighted by Crippen LogP contribution is -2.22. The Balaban J connectivity index is 2.48. The maximum absolute atomic E-state index is 10.3. The summed E-state index contributed by atoms with van der Waals surface area (Å²) in [6, 6.07) is 5.67. The van der Waals surface area contributed by atoms with Crippen LogP contribution in [0.15, 0.2) is 30.4 Å². The number of ether oxygens (including phenoxy) is 2. The van der Waals surface area contributed by atoms with Crippen molar-refractivity contribution in [2.24, 2.45) is 0 Å². The Morgan fingerprint density at radius 3 is 2.74 bits per heavy atom. The zero-order valence-electron chi connectivity index (χ0n) is 11.2. The SMILES string of the molecule is COc1ccc(CC=CCNCC(=O)O)c(OC)c1. The van der Waals surface area contributed by atoms with Gasteiger partial charge in [0.1, 0.15) is 11.5 Å². The van der Waals surface area contributed by atoms with Crippen LogP contribution in [0.2, 0.25) is 0 Å². The van der Waals surface area contributed by atoms with Crippen LogP contribution in [0.25, 0.3) is 0 Å². The third-order valence-electron chi connectivity index (χ3n) is 2.54. The molecule has 2 N–H and O–H groups in total. The van der Waals surface area contributed by atoms with Crippen molar-refractivity contribution in [3.8, 4) is 11.5 Å². The molecule has 0 aliphatic heterocycles. The molecular weight excluding hydrogens is 246 g/mol. The Bertz CT molecular complexity index is 443. The topological polar surface area (TPSA) is 67.8 Å². The van der Waals surface area contributed by atoms with Crippen LogP contribution in [0.4, 0.5) is 0 Å².